The molecule has 2 aliphatic heterocycles. The summed E-state index contributed by atoms with van der Waals surface area (Å²) in [5.41, 5.74) is 11.6. The molecule has 5 aromatic carbocycles. The summed E-state index contributed by atoms with van der Waals surface area (Å²) in [4.78, 5) is 53.7. The topological polar surface area (TPSA) is 187 Å². The third-order valence-corrected chi connectivity index (χ3v) is 16.2. The van der Waals surface area contributed by atoms with E-state index in [1.165, 1.54) is 81.2 Å². The number of nitrogens with two attached hydrogens (primary N) is 1. The van der Waals surface area contributed by atoms with Crippen LogP contribution >= 0.6 is 35.3 Å². The number of thioether (sulfide) groups is 3. The van der Waals surface area contributed by atoms with E-state index in [1.807, 2.05) is 53.5 Å². The molecular weight excluding hydrogens is 957 g/mol. The minimum absolute atomic E-state index is 0.0539. The minimum Gasteiger partial charge on any atom is -0.457 e. The number of nitrogens with zero attached hydrogens (tertiary/aromatic N) is 7. The molecule has 5 heterocycles. The molecule has 8 bridgehead atoms. The normalized spacial score (nSPS) is 11.9. The standard InChI is InChI=1S/C56H58N10O3S3/c1-4-7-10-13-26-70-36-18-22-40-44(31-36)55-61-50(40)59-53-43-29-34(69-35-17-25-47(57)48(30-35)66(67)68)16-21-39(43)49(58-53)60-54-45-32-37(71-27-14-11-8-5-2)19-23-41(45)51(62-54)64-56-46-33-38(72-28-15-12-9-6-3)20-24-42(46)52(63-55)65-56/h16-25,29-33H,4-15,26-28,57H2,1-3H3,(H2,58,59,60,61,62,63,64,65). The predicted molar refractivity (Wildman–Crippen MR) is 298 cm³/mol. The lowest BCUT2D eigenvalue weighted by molar-refractivity contribution is -0.384. The Morgan fingerprint density at radius 2 is 0.889 bits per heavy atom. The Morgan fingerprint density at radius 1 is 0.472 bits per heavy atom. The second-order valence-corrected chi connectivity index (χ2v) is 21.8. The molecule has 0 saturated heterocycles. The predicted octanol–water partition coefficient (Wildman–Crippen LogP) is 16.2. The number of nitrogen functional groups attached to an aromatic ring is 1. The number of nitro benzene ring substituents is 1. The number of nitro groups is 1. The summed E-state index contributed by atoms with van der Waals surface area (Å²) in [7, 11) is 0. The van der Waals surface area contributed by atoms with Gasteiger partial charge >= 0.3 is 0 Å². The zero-order valence-electron chi connectivity index (χ0n) is 40.9. The Labute approximate surface area is 431 Å². The maximum absolute atomic E-state index is 11.8. The van der Waals surface area contributed by atoms with E-state index in [0.29, 0.717) is 57.0 Å². The fourth-order valence-corrected chi connectivity index (χ4v) is 11.9. The molecule has 0 radical (unpaired) electrons. The van der Waals surface area contributed by atoms with Crippen molar-refractivity contribution in [2.24, 2.45) is 0 Å². The number of anilines is 1. The molecule has 0 saturated carbocycles. The van der Waals surface area contributed by atoms with Crippen molar-refractivity contribution in [1.29, 1.82) is 0 Å². The summed E-state index contributed by atoms with van der Waals surface area (Å²) in [5.74, 6) is 5.92. The van der Waals surface area contributed by atoms with Crippen LogP contribution in [0.2, 0.25) is 0 Å². The molecular formula is C56H58N10O3S3. The molecule has 0 aliphatic carbocycles. The van der Waals surface area contributed by atoms with Gasteiger partial charge in [0.05, 0.1) is 11.0 Å². The first-order valence-corrected chi connectivity index (χ1v) is 28.2. The molecule has 16 heteroatoms. The van der Waals surface area contributed by atoms with Crippen LogP contribution in [0.3, 0.4) is 0 Å². The highest BCUT2D eigenvalue weighted by molar-refractivity contribution is 7.99. The molecule has 0 spiro atoms. The average molecular weight is 1020 g/mol. The van der Waals surface area contributed by atoms with Gasteiger partial charge < -0.3 is 20.4 Å². The lowest BCUT2D eigenvalue weighted by atomic mass is 10.1. The van der Waals surface area contributed by atoms with Crippen LogP contribution in [0.1, 0.15) is 97.8 Å². The molecule has 10 rings (SSSR count). The average Bonchev–Trinajstić information content (AvgIpc) is 4.11. The van der Waals surface area contributed by atoms with Gasteiger partial charge in [0.25, 0.3) is 5.69 Å². The molecule has 72 heavy (non-hydrogen) atoms. The van der Waals surface area contributed by atoms with E-state index in [1.54, 1.807) is 6.07 Å². The largest absolute Gasteiger partial charge is 0.457 e. The molecule has 2 aliphatic rings. The zero-order chi connectivity index (χ0) is 49.6. The highest BCUT2D eigenvalue weighted by Gasteiger charge is 2.24. The molecule has 0 amide bonds. The van der Waals surface area contributed by atoms with Crippen LogP contribution in [0.5, 0.6) is 11.5 Å². The molecule has 3 aromatic heterocycles. The lowest BCUT2D eigenvalue weighted by Crippen LogP contribution is -1.96. The third-order valence-electron chi connectivity index (χ3n) is 13.0. The van der Waals surface area contributed by atoms with E-state index in [0.717, 1.165) is 78.3 Å². The van der Waals surface area contributed by atoms with Gasteiger partial charge in [-0.1, -0.05) is 78.6 Å². The number of aromatic nitrogens is 8. The zero-order valence-corrected chi connectivity index (χ0v) is 43.4. The quantitative estimate of drug-likeness (QED) is 0.0203. The van der Waals surface area contributed by atoms with Crippen molar-refractivity contribution in [2.45, 2.75) is 113 Å². The van der Waals surface area contributed by atoms with Gasteiger partial charge in [0.2, 0.25) is 0 Å². The van der Waals surface area contributed by atoms with Crippen LogP contribution in [0.4, 0.5) is 11.4 Å². The fraction of sp³-hybridized carbons (Fsp3) is 0.321. The maximum atomic E-state index is 11.8. The summed E-state index contributed by atoms with van der Waals surface area (Å²) in [6, 6.07) is 29.5. The van der Waals surface area contributed by atoms with E-state index in [2.05, 4.69) is 85.3 Å². The first-order chi connectivity index (χ1) is 35.3. The summed E-state index contributed by atoms with van der Waals surface area (Å²) in [6.07, 6.45) is 14.4. The third kappa shape index (κ3) is 10.8. The number of hydrogen-bond acceptors (Lipinski definition) is 13. The van der Waals surface area contributed by atoms with Crippen LogP contribution in [0, 0.1) is 10.1 Å². The SMILES string of the molecule is CCCCCCSc1ccc2c(c1)-c1nc-2nc2[nH]c(nc3nc(nc4[nH]c(n1)c1ccc(Oc5ccc(N)c([N+](=O)[O-])c5)cc41)-c1ccc(SCCCCCC)cc1-3)c1ccc(SCCCCCC)cc21. The first-order valence-electron chi connectivity index (χ1n) is 25.3. The van der Waals surface area contributed by atoms with Crippen molar-refractivity contribution < 1.29 is 9.66 Å². The molecule has 13 nitrogen and oxygen atoms in total. The number of H-pyrrole nitrogens is 2. The summed E-state index contributed by atoms with van der Waals surface area (Å²) in [6.45, 7) is 6.72. The van der Waals surface area contributed by atoms with Gasteiger partial charge in [-0.05, 0) is 121 Å². The summed E-state index contributed by atoms with van der Waals surface area (Å²) >= 11 is 5.58. The highest BCUT2D eigenvalue weighted by atomic mass is 32.2. The van der Waals surface area contributed by atoms with Crippen molar-refractivity contribution in [1.82, 2.24) is 39.9 Å². The van der Waals surface area contributed by atoms with Gasteiger partial charge in [0.1, 0.15) is 39.8 Å². The molecule has 4 N–H and O–H groups in total. The Bertz CT molecular complexity index is 3460. The smallest absolute Gasteiger partial charge is 0.295 e. The molecule has 0 atom stereocenters. The first kappa shape index (κ1) is 49.1. The number of nitrogens with one attached hydrogen (secondary N) is 2. The number of unbranched alkanes of at least 4 members (excludes halogenated alkanes) is 9. The number of ether oxygens (including phenoxy) is 1. The van der Waals surface area contributed by atoms with Gasteiger partial charge in [-0.3, -0.25) is 10.1 Å². The van der Waals surface area contributed by atoms with Crippen LogP contribution in [0.25, 0.3) is 89.7 Å². The number of rotatable bonds is 21. The van der Waals surface area contributed by atoms with Gasteiger partial charge in [-0.25, -0.2) is 29.9 Å². The molecule has 8 aromatic rings. The van der Waals surface area contributed by atoms with Crippen molar-refractivity contribution in [2.75, 3.05) is 23.0 Å². The van der Waals surface area contributed by atoms with Crippen LogP contribution in [-0.2, 0) is 0 Å². The van der Waals surface area contributed by atoms with Crippen LogP contribution in [-0.4, -0.2) is 62.1 Å². The van der Waals surface area contributed by atoms with Crippen molar-refractivity contribution in [3.05, 3.63) is 101 Å². The van der Waals surface area contributed by atoms with Crippen molar-refractivity contribution >= 4 is 90.8 Å². The number of fused-ring (bicyclic) bond motifs is 20. The second-order valence-electron chi connectivity index (χ2n) is 18.2. The van der Waals surface area contributed by atoms with Crippen molar-refractivity contribution in [3.63, 3.8) is 0 Å². The maximum Gasteiger partial charge on any atom is 0.295 e. The van der Waals surface area contributed by atoms with Crippen molar-refractivity contribution in [3.8, 4) is 57.1 Å². The number of aromatic amines is 2. The summed E-state index contributed by atoms with van der Waals surface area (Å²) < 4.78 is 6.27. The molecule has 368 valence electrons. The lowest BCUT2D eigenvalue weighted by Gasteiger charge is -2.07. The Kier molecular flexibility index (Phi) is 15.4. The minimum atomic E-state index is -0.519. The van der Waals surface area contributed by atoms with Gasteiger partial charge in [-0.15, -0.1) is 35.3 Å². The van der Waals surface area contributed by atoms with E-state index in [4.69, 9.17) is 40.4 Å². The summed E-state index contributed by atoms with van der Waals surface area (Å²) in [5, 5.41) is 15.2. The molecule has 0 fully saturated rings. The Hall–Kier alpha value is -6.49. The van der Waals surface area contributed by atoms with Gasteiger partial charge in [-0.2, -0.15) is 0 Å². The van der Waals surface area contributed by atoms with E-state index in [9.17, 15) is 10.1 Å². The fourth-order valence-electron chi connectivity index (χ4n) is 9.08. The highest BCUT2D eigenvalue weighted by Crippen LogP contribution is 2.41. The van der Waals surface area contributed by atoms with E-state index < -0.39 is 4.92 Å². The van der Waals surface area contributed by atoms with Crippen LogP contribution in [0.15, 0.2) is 106 Å². The monoisotopic (exact) mass is 1010 g/mol. The van der Waals surface area contributed by atoms with Gasteiger partial charge in [0.15, 0.2) is 23.3 Å². The number of hydrogen-bond donors (Lipinski definition) is 3. The molecule has 0 unspecified atom stereocenters. The Morgan fingerprint density at radius 3 is 1.39 bits per heavy atom. The number of benzene rings is 5. The van der Waals surface area contributed by atoms with E-state index in [-0.39, 0.29) is 17.1 Å². The van der Waals surface area contributed by atoms with Gasteiger partial charge in [0, 0.05) is 58.5 Å². The Balaban J connectivity index is 1.19. The van der Waals surface area contributed by atoms with E-state index >= 15 is 0 Å². The van der Waals surface area contributed by atoms with Crippen LogP contribution < -0.4 is 10.5 Å². The second kappa shape index (κ2) is 22.5.